The summed E-state index contributed by atoms with van der Waals surface area (Å²) in [5, 5.41) is 4.51. The Hall–Kier alpha value is -2.79. The number of benzene rings is 3. The molecule has 1 heterocycles. The number of anilines is 2. The van der Waals surface area contributed by atoms with Crippen molar-refractivity contribution in [3.05, 3.63) is 72.8 Å². The monoisotopic (exact) mass is 334 g/mol. The summed E-state index contributed by atoms with van der Waals surface area (Å²) < 4.78 is 0. The molecular weight excluding hydrogens is 320 g/mol. The first kappa shape index (κ1) is 14.8. The molecule has 0 bridgehead atoms. The van der Waals surface area contributed by atoms with Gasteiger partial charge in [-0.25, -0.2) is 4.90 Å². The molecule has 0 spiro atoms. The molecule has 0 aliphatic carbocycles. The van der Waals surface area contributed by atoms with Crippen LogP contribution < -0.4 is 10.2 Å². The van der Waals surface area contributed by atoms with Gasteiger partial charge in [-0.05, 0) is 46.8 Å². The van der Waals surface area contributed by atoms with Gasteiger partial charge in [0.05, 0.1) is 5.69 Å². The predicted molar refractivity (Wildman–Crippen MR) is 98.3 cm³/mol. The molecule has 0 unspecified atom stereocenters. The van der Waals surface area contributed by atoms with Gasteiger partial charge in [-0.2, -0.15) is 0 Å². The largest absolute Gasteiger partial charge is 0.365 e. The molecular formula is C19H14N2O2S. The number of para-hydroxylation sites is 1. The van der Waals surface area contributed by atoms with Crippen LogP contribution in [-0.4, -0.2) is 16.5 Å². The van der Waals surface area contributed by atoms with E-state index in [9.17, 15) is 9.59 Å². The zero-order valence-corrected chi connectivity index (χ0v) is 13.5. The number of rotatable bonds is 3. The molecule has 5 heteroatoms. The fraction of sp³-hybridized carbons (Fsp3) is 0.0526. The van der Waals surface area contributed by atoms with Gasteiger partial charge in [0.15, 0.2) is 5.37 Å². The summed E-state index contributed by atoms with van der Waals surface area (Å²) in [5.74, 6) is -0.246. The van der Waals surface area contributed by atoms with Crippen molar-refractivity contribution in [3.8, 4) is 0 Å². The van der Waals surface area contributed by atoms with Gasteiger partial charge in [-0.1, -0.05) is 48.5 Å². The van der Waals surface area contributed by atoms with Crippen LogP contribution in [0.3, 0.4) is 0 Å². The normalized spacial score (nSPS) is 17.5. The van der Waals surface area contributed by atoms with Crippen LogP contribution in [0.5, 0.6) is 0 Å². The number of nitrogens with one attached hydrogen (secondary N) is 1. The van der Waals surface area contributed by atoms with Crippen LogP contribution in [0.15, 0.2) is 72.8 Å². The first-order valence-corrected chi connectivity index (χ1v) is 8.45. The lowest BCUT2D eigenvalue weighted by atomic mass is 10.1. The van der Waals surface area contributed by atoms with Gasteiger partial charge in [0.25, 0.3) is 11.1 Å². The number of nitrogens with zero attached hydrogens (tertiary/aromatic N) is 1. The van der Waals surface area contributed by atoms with Crippen LogP contribution in [0.2, 0.25) is 0 Å². The minimum atomic E-state index is -0.612. The van der Waals surface area contributed by atoms with Crippen LogP contribution in [0.1, 0.15) is 0 Å². The van der Waals surface area contributed by atoms with Crippen molar-refractivity contribution < 1.29 is 9.59 Å². The van der Waals surface area contributed by atoms with Gasteiger partial charge >= 0.3 is 0 Å². The van der Waals surface area contributed by atoms with E-state index in [-0.39, 0.29) is 11.1 Å². The summed E-state index contributed by atoms with van der Waals surface area (Å²) in [5.41, 5.74) is 1.42. The van der Waals surface area contributed by atoms with E-state index in [0.717, 1.165) is 28.2 Å². The van der Waals surface area contributed by atoms with E-state index in [1.807, 2.05) is 60.7 Å². The van der Waals surface area contributed by atoms with Crippen molar-refractivity contribution >= 4 is 45.1 Å². The highest BCUT2D eigenvalue weighted by molar-refractivity contribution is 8.16. The lowest BCUT2D eigenvalue weighted by Gasteiger charge is -2.15. The van der Waals surface area contributed by atoms with E-state index in [4.69, 9.17) is 0 Å². The van der Waals surface area contributed by atoms with Crippen LogP contribution in [0, 0.1) is 0 Å². The summed E-state index contributed by atoms with van der Waals surface area (Å²) in [6.45, 7) is 0. The molecule has 0 radical (unpaired) electrons. The number of amides is 2. The molecule has 1 atom stereocenters. The maximum Gasteiger partial charge on any atom is 0.295 e. The molecule has 4 rings (SSSR count). The van der Waals surface area contributed by atoms with Crippen molar-refractivity contribution in [3.63, 3.8) is 0 Å². The van der Waals surface area contributed by atoms with E-state index >= 15 is 0 Å². The van der Waals surface area contributed by atoms with Crippen molar-refractivity contribution in [1.29, 1.82) is 0 Å². The zero-order chi connectivity index (χ0) is 16.5. The van der Waals surface area contributed by atoms with E-state index in [1.165, 1.54) is 4.90 Å². The van der Waals surface area contributed by atoms with Crippen LogP contribution in [0.4, 0.5) is 16.2 Å². The van der Waals surface area contributed by atoms with Gasteiger partial charge in [0, 0.05) is 5.69 Å². The Morgan fingerprint density at radius 1 is 0.833 bits per heavy atom. The van der Waals surface area contributed by atoms with Crippen molar-refractivity contribution in [2.24, 2.45) is 0 Å². The van der Waals surface area contributed by atoms with Gasteiger partial charge in [0.2, 0.25) is 0 Å². The van der Waals surface area contributed by atoms with Gasteiger partial charge in [-0.3, -0.25) is 9.59 Å². The first-order valence-electron chi connectivity index (χ1n) is 7.57. The maximum atomic E-state index is 12.6. The lowest BCUT2D eigenvalue weighted by molar-refractivity contribution is -0.116. The molecule has 2 amide bonds. The Kier molecular flexibility index (Phi) is 3.70. The highest BCUT2D eigenvalue weighted by atomic mass is 32.2. The molecule has 3 aromatic carbocycles. The average Bonchev–Trinajstić information content (AvgIpc) is 2.89. The number of fused-ring (bicyclic) bond motifs is 1. The summed E-state index contributed by atoms with van der Waals surface area (Å²) in [7, 11) is 0. The second-order valence-corrected chi connectivity index (χ2v) is 6.54. The van der Waals surface area contributed by atoms with Gasteiger partial charge < -0.3 is 5.32 Å². The minimum Gasteiger partial charge on any atom is -0.365 e. The molecule has 4 nitrogen and oxygen atoms in total. The zero-order valence-electron chi connectivity index (χ0n) is 12.7. The molecule has 24 heavy (non-hydrogen) atoms. The molecule has 1 aliphatic rings. The van der Waals surface area contributed by atoms with Crippen molar-refractivity contribution in [2.75, 3.05) is 10.2 Å². The number of hydrogen-bond acceptors (Lipinski definition) is 4. The average molecular weight is 334 g/mol. The first-order chi connectivity index (χ1) is 11.7. The number of carbonyl (C=O) groups excluding carboxylic acids is 2. The molecule has 0 saturated carbocycles. The Morgan fingerprint density at radius 3 is 2.33 bits per heavy atom. The predicted octanol–water partition coefficient (Wildman–Crippen LogP) is 4.48. The third-order valence-corrected chi connectivity index (χ3v) is 4.85. The molecule has 1 N–H and O–H groups in total. The smallest absolute Gasteiger partial charge is 0.295 e. The molecule has 0 aromatic heterocycles. The summed E-state index contributed by atoms with van der Waals surface area (Å²) in [4.78, 5) is 26.1. The molecule has 1 fully saturated rings. The number of imide groups is 1. The number of carbonyl (C=O) groups is 2. The topological polar surface area (TPSA) is 49.4 Å². The summed E-state index contributed by atoms with van der Waals surface area (Å²) in [6.07, 6.45) is 0. The SMILES string of the molecule is O=C1S[C@H](Nc2ccc3ccccc3c2)C(=O)N1c1ccccc1. The molecule has 1 aliphatic heterocycles. The van der Waals surface area contributed by atoms with E-state index < -0.39 is 5.37 Å². The standard InChI is InChI=1S/C19H14N2O2S/c22-18-17(24-19(23)21(18)16-8-2-1-3-9-16)20-15-11-10-13-6-4-5-7-14(13)12-15/h1-12,17,20H/t17-/m0/s1. The quantitative estimate of drug-likeness (QED) is 0.767. The summed E-state index contributed by atoms with van der Waals surface area (Å²) in [6, 6.07) is 22.9. The highest BCUT2D eigenvalue weighted by Gasteiger charge is 2.40. The van der Waals surface area contributed by atoms with Crippen molar-refractivity contribution in [2.45, 2.75) is 5.37 Å². The van der Waals surface area contributed by atoms with Crippen molar-refractivity contribution in [1.82, 2.24) is 0 Å². The fourth-order valence-electron chi connectivity index (χ4n) is 2.74. The minimum absolute atomic E-state index is 0.246. The van der Waals surface area contributed by atoms with Gasteiger partial charge in [0.1, 0.15) is 0 Å². The Morgan fingerprint density at radius 2 is 1.54 bits per heavy atom. The number of thioether (sulfide) groups is 1. The van der Waals surface area contributed by atoms with Crippen LogP contribution >= 0.6 is 11.8 Å². The number of hydrogen-bond donors (Lipinski definition) is 1. The Labute approximate surface area is 143 Å². The second kappa shape index (κ2) is 6.02. The fourth-order valence-corrected chi connectivity index (χ4v) is 3.65. The second-order valence-electron chi connectivity index (χ2n) is 5.48. The highest BCUT2D eigenvalue weighted by Crippen LogP contribution is 2.32. The lowest BCUT2D eigenvalue weighted by Crippen LogP contribution is -2.34. The molecule has 1 saturated heterocycles. The van der Waals surface area contributed by atoms with E-state index in [1.54, 1.807) is 12.1 Å². The Balaban J connectivity index is 1.58. The van der Waals surface area contributed by atoms with Crippen LogP contribution in [-0.2, 0) is 4.79 Å². The van der Waals surface area contributed by atoms with Crippen LogP contribution in [0.25, 0.3) is 10.8 Å². The van der Waals surface area contributed by atoms with E-state index in [0.29, 0.717) is 5.69 Å². The maximum absolute atomic E-state index is 12.6. The van der Waals surface area contributed by atoms with Gasteiger partial charge in [-0.15, -0.1) is 0 Å². The van der Waals surface area contributed by atoms with E-state index in [2.05, 4.69) is 5.32 Å². The third-order valence-electron chi connectivity index (χ3n) is 3.91. The summed E-state index contributed by atoms with van der Waals surface area (Å²) >= 11 is 1.00. The molecule has 3 aromatic rings. The molecule has 118 valence electrons. The Bertz CT molecular complexity index is 927. The third kappa shape index (κ3) is 2.63.